The molecule has 1 aromatic rings. The van der Waals surface area contributed by atoms with Gasteiger partial charge in [0.25, 0.3) is 0 Å². The third kappa shape index (κ3) is 4.65. The SMILES string of the molecule is O=C(O)c1cccc(/C=C2\C[C@H]3C[C@@H](O)[C@H](C=C[C@H](O)C4CCCCC4)[C@H]3C2)c1. The molecule has 3 aliphatic rings. The maximum atomic E-state index is 11.2. The van der Waals surface area contributed by atoms with E-state index in [-0.39, 0.29) is 12.0 Å². The molecule has 0 aliphatic heterocycles. The van der Waals surface area contributed by atoms with E-state index in [1.54, 1.807) is 18.2 Å². The molecule has 0 spiro atoms. The second kappa shape index (κ2) is 8.85. The predicted octanol–water partition coefficient (Wildman–Crippen LogP) is 4.67. The maximum absolute atomic E-state index is 11.2. The van der Waals surface area contributed by atoms with Gasteiger partial charge in [-0.3, -0.25) is 0 Å². The number of carboxylic acid groups (broad SMARTS) is 1. The number of aromatic carboxylic acids is 1. The minimum atomic E-state index is -0.904. The molecule has 29 heavy (non-hydrogen) atoms. The molecule has 0 saturated heterocycles. The molecule has 0 unspecified atom stereocenters. The van der Waals surface area contributed by atoms with Gasteiger partial charge >= 0.3 is 5.97 Å². The number of benzene rings is 1. The summed E-state index contributed by atoms with van der Waals surface area (Å²) in [4.78, 5) is 11.2. The van der Waals surface area contributed by atoms with Crippen LogP contribution < -0.4 is 0 Å². The molecule has 0 bridgehead atoms. The molecule has 4 rings (SSSR count). The van der Waals surface area contributed by atoms with Crippen molar-refractivity contribution in [2.75, 3.05) is 0 Å². The number of allylic oxidation sites excluding steroid dienone is 1. The quantitative estimate of drug-likeness (QED) is 0.632. The molecule has 0 radical (unpaired) electrons. The van der Waals surface area contributed by atoms with Gasteiger partial charge in [0.1, 0.15) is 0 Å². The summed E-state index contributed by atoms with van der Waals surface area (Å²) in [6, 6.07) is 7.06. The Morgan fingerprint density at radius 3 is 2.69 bits per heavy atom. The lowest BCUT2D eigenvalue weighted by Gasteiger charge is -2.25. The Kier molecular flexibility index (Phi) is 6.21. The Balaban J connectivity index is 1.43. The molecule has 3 saturated carbocycles. The Morgan fingerprint density at radius 1 is 1.14 bits per heavy atom. The van der Waals surface area contributed by atoms with Crippen LogP contribution in [0.3, 0.4) is 0 Å². The normalized spacial score (nSPS) is 32.7. The molecule has 156 valence electrons. The van der Waals surface area contributed by atoms with Crippen molar-refractivity contribution >= 4 is 12.0 Å². The van der Waals surface area contributed by atoms with Crippen LogP contribution in [-0.4, -0.2) is 33.5 Å². The lowest BCUT2D eigenvalue weighted by molar-refractivity contribution is 0.0696. The van der Waals surface area contributed by atoms with Gasteiger partial charge < -0.3 is 15.3 Å². The maximum Gasteiger partial charge on any atom is 0.335 e. The number of hydrogen-bond donors (Lipinski definition) is 3. The van der Waals surface area contributed by atoms with Crippen LogP contribution in [0.15, 0.2) is 42.0 Å². The first-order valence-corrected chi connectivity index (χ1v) is 11.1. The molecular formula is C25H32O4. The van der Waals surface area contributed by atoms with Crippen molar-refractivity contribution in [2.24, 2.45) is 23.7 Å². The predicted molar refractivity (Wildman–Crippen MR) is 113 cm³/mol. The number of hydrogen-bond acceptors (Lipinski definition) is 3. The monoisotopic (exact) mass is 396 g/mol. The van der Waals surface area contributed by atoms with Crippen molar-refractivity contribution in [3.05, 3.63) is 53.1 Å². The van der Waals surface area contributed by atoms with E-state index in [1.165, 1.54) is 24.8 Å². The zero-order valence-electron chi connectivity index (χ0n) is 16.9. The summed E-state index contributed by atoms with van der Waals surface area (Å²) < 4.78 is 0. The van der Waals surface area contributed by atoms with Crippen molar-refractivity contribution in [1.82, 2.24) is 0 Å². The number of aliphatic hydroxyl groups is 2. The molecule has 3 aliphatic carbocycles. The van der Waals surface area contributed by atoms with Crippen LogP contribution in [0.5, 0.6) is 0 Å². The molecule has 0 aromatic heterocycles. The molecule has 0 amide bonds. The average Bonchev–Trinajstić information content (AvgIpc) is 3.23. The fourth-order valence-electron chi connectivity index (χ4n) is 5.76. The van der Waals surface area contributed by atoms with E-state index in [2.05, 4.69) is 12.2 Å². The zero-order valence-corrected chi connectivity index (χ0v) is 16.9. The fourth-order valence-corrected chi connectivity index (χ4v) is 5.76. The number of carboxylic acids is 1. The second-order valence-electron chi connectivity index (χ2n) is 9.22. The van der Waals surface area contributed by atoms with E-state index in [9.17, 15) is 20.1 Å². The molecule has 3 fully saturated rings. The average molecular weight is 397 g/mol. The van der Waals surface area contributed by atoms with Crippen molar-refractivity contribution in [1.29, 1.82) is 0 Å². The standard InChI is InChI=1S/C25H32O4/c26-23(18-6-2-1-3-7-18)10-9-21-22-14-17(13-20(22)15-24(21)27)11-16-5-4-8-19(12-16)25(28)29/h4-5,8-12,18,20-24,26-27H,1-3,6-7,13-15H2,(H,28,29)/b10-9?,17-11+/t20-,21+,22-,23-,24+/m0/s1. The first kappa shape index (κ1) is 20.4. The summed E-state index contributed by atoms with van der Waals surface area (Å²) in [6.45, 7) is 0. The van der Waals surface area contributed by atoms with Gasteiger partial charge in [0.05, 0.1) is 17.8 Å². The van der Waals surface area contributed by atoms with Crippen LogP contribution in [0.25, 0.3) is 6.08 Å². The topological polar surface area (TPSA) is 77.8 Å². The van der Waals surface area contributed by atoms with Gasteiger partial charge in [-0.25, -0.2) is 4.79 Å². The summed E-state index contributed by atoms with van der Waals surface area (Å²) in [5.74, 6) is 0.455. The molecule has 4 heteroatoms. The van der Waals surface area contributed by atoms with Gasteiger partial charge in [-0.1, -0.05) is 55.2 Å². The third-order valence-corrected chi connectivity index (χ3v) is 7.28. The fraction of sp³-hybridized carbons (Fsp3) is 0.560. The van der Waals surface area contributed by atoms with E-state index < -0.39 is 12.1 Å². The van der Waals surface area contributed by atoms with Crippen LogP contribution in [0.2, 0.25) is 0 Å². The Hall–Kier alpha value is -1.91. The lowest BCUT2D eigenvalue weighted by Crippen LogP contribution is -2.22. The molecule has 3 N–H and O–H groups in total. The highest BCUT2D eigenvalue weighted by atomic mass is 16.4. The van der Waals surface area contributed by atoms with Crippen LogP contribution in [0, 0.1) is 23.7 Å². The number of aliphatic hydroxyl groups excluding tert-OH is 2. The first-order chi connectivity index (χ1) is 14.0. The summed E-state index contributed by atoms with van der Waals surface area (Å²) >= 11 is 0. The van der Waals surface area contributed by atoms with E-state index in [1.807, 2.05) is 12.1 Å². The van der Waals surface area contributed by atoms with Crippen molar-refractivity contribution in [3.63, 3.8) is 0 Å². The van der Waals surface area contributed by atoms with Crippen molar-refractivity contribution < 1.29 is 20.1 Å². The number of rotatable bonds is 5. The van der Waals surface area contributed by atoms with Gasteiger partial charge in [-0.2, -0.15) is 0 Å². The smallest absolute Gasteiger partial charge is 0.335 e. The Bertz CT molecular complexity index is 790. The highest BCUT2D eigenvalue weighted by Gasteiger charge is 2.45. The first-order valence-electron chi connectivity index (χ1n) is 11.1. The minimum Gasteiger partial charge on any atom is -0.478 e. The molecule has 5 atom stereocenters. The minimum absolute atomic E-state index is 0.106. The van der Waals surface area contributed by atoms with E-state index in [0.29, 0.717) is 23.3 Å². The van der Waals surface area contributed by atoms with E-state index in [4.69, 9.17) is 0 Å². The Labute approximate surface area is 173 Å². The molecule has 4 nitrogen and oxygen atoms in total. The van der Waals surface area contributed by atoms with Gasteiger partial charge in [-0.15, -0.1) is 0 Å². The lowest BCUT2D eigenvalue weighted by atomic mass is 9.84. The summed E-state index contributed by atoms with van der Waals surface area (Å²) in [5, 5.41) is 30.3. The van der Waals surface area contributed by atoms with Gasteiger partial charge in [0.15, 0.2) is 0 Å². The van der Waals surface area contributed by atoms with E-state index in [0.717, 1.165) is 37.7 Å². The molecule has 0 heterocycles. The molecular weight excluding hydrogens is 364 g/mol. The van der Waals surface area contributed by atoms with Crippen molar-refractivity contribution in [3.8, 4) is 0 Å². The summed E-state index contributed by atoms with van der Waals surface area (Å²) in [5.41, 5.74) is 2.58. The second-order valence-corrected chi connectivity index (χ2v) is 9.22. The summed E-state index contributed by atoms with van der Waals surface area (Å²) in [7, 11) is 0. The van der Waals surface area contributed by atoms with Crippen molar-refractivity contribution in [2.45, 2.75) is 63.6 Å². The highest BCUT2D eigenvalue weighted by Crippen LogP contribution is 2.50. The van der Waals surface area contributed by atoms with Gasteiger partial charge in [0, 0.05) is 5.92 Å². The highest BCUT2D eigenvalue weighted by molar-refractivity contribution is 5.88. The number of fused-ring (bicyclic) bond motifs is 1. The third-order valence-electron chi connectivity index (χ3n) is 7.28. The zero-order chi connectivity index (χ0) is 20.4. The van der Waals surface area contributed by atoms with Crippen LogP contribution in [0.1, 0.15) is 67.3 Å². The van der Waals surface area contributed by atoms with Crippen LogP contribution in [0.4, 0.5) is 0 Å². The largest absolute Gasteiger partial charge is 0.478 e. The number of carbonyl (C=O) groups is 1. The molecule has 1 aromatic carbocycles. The van der Waals surface area contributed by atoms with E-state index >= 15 is 0 Å². The van der Waals surface area contributed by atoms with Crippen LogP contribution >= 0.6 is 0 Å². The summed E-state index contributed by atoms with van der Waals surface area (Å²) in [6.07, 6.45) is 14.1. The van der Waals surface area contributed by atoms with Gasteiger partial charge in [-0.05, 0) is 67.6 Å². The van der Waals surface area contributed by atoms with Crippen LogP contribution in [-0.2, 0) is 0 Å². The van der Waals surface area contributed by atoms with Gasteiger partial charge in [0.2, 0.25) is 0 Å². The Morgan fingerprint density at radius 2 is 1.93 bits per heavy atom.